The number of hydrogen-bond acceptors (Lipinski definition) is 7. The van der Waals surface area contributed by atoms with Crippen molar-refractivity contribution in [1.29, 1.82) is 5.26 Å². The van der Waals surface area contributed by atoms with E-state index in [1.807, 2.05) is 0 Å². The number of ether oxygens (including phenoxy) is 3. The lowest BCUT2D eigenvalue weighted by atomic mass is 9.84. The van der Waals surface area contributed by atoms with E-state index in [-0.39, 0.29) is 29.4 Å². The Kier molecular flexibility index (Phi) is 4.76. The van der Waals surface area contributed by atoms with Crippen molar-refractivity contribution >= 4 is 5.97 Å². The molecule has 0 spiro atoms. The second-order valence-corrected chi connectivity index (χ2v) is 4.47. The van der Waals surface area contributed by atoms with E-state index in [0.717, 1.165) is 0 Å². The van der Waals surface area contributed by atoms with Crippen LogP contribution in [-0.4, -0.2) is 31.8 Å². The van der Waals surface area contributed by atoms with Gasteiger partial charge in [0.1, 0.15) is 17.9 Å². The average molecular weight is 301 g/mol. The standard InChI is InChI=1S/C15H15N3O4/c1-20-8-11-10(6-16)12(9-4-3-5-18-7-9)13(14(17)22-11)15(19)21-2/h3-5,7,12H,8,17H2,1-2H3/t12-/m1/s1. The third-order valence-electron chi connectivity index (χ3n) is 3.20. The van der Waals surface area contributed by atoms with Crippen molar-refractivity contribution in [1.82, 2.24) is 4.98 Å². The summed E-state index contributed by atoms with van der Waals surface area (Å²) in [6.45, 7) is 0.0643. The third kappa shape index (κ3) is 2.77. The van der Waals surface area contributed by atoms with Gasteiger partial charge in [0.15, 0.2) is 0 Å². The molecule has 1 atom stereocenters. The first-order valence-corrected chi connectivity index (χ1v) is 6.41. The molecule has 0 aromatic carbocycles. The van der Waals surface area contributed by atoms with E-state index in [4.69, 9.17) is 19.9 Å². The first-order valence-electron chi connectivity index (χ1n) is 6.41. The Bertz CT molecular complexity index is 674. The fourth-order valence-electron chi connectivity index (χ4n) is 2.26. The zero-order chi connectivity index (χ0) is 16.1. The minimum absolute atomic E-state index is 0.0643. The first-order chi connectivity index (χ1) is 10.6. The molecule has 114 valence electrons. The average Bonchev–Trinajstić information content (AvgIpc) is 2.54. The van der Waals surface area contributed by atoms with Crippen molar-refractivity contribution in [2.24, 2.45) is 5.73 Å². The van der Waals surface area contributed by atoms with Crippen LogP contribution in [0.15, 0.2) is 47.3 Å². The largest absolute Gasteiger partial charge is 0.465 e. The molecule has 0 bridgehead atoms. The SMILES string of the molecule is COCC1=C(C#N)[C@@H](c2cccnc2)C(C(=O)OC)=C(N)O1. The van der Waals surface area contributed by atoms with E-state index in [1.165, 1.54) is 14.2 Å². The Morgan fingerprint density at radius 2 is 2.32 bits per heavy atom. The Morgan fingerprint density at radius 1 is 1.55 bits per heavy atom. The van der Waals surface area contributed by atoms with E-state index in [0.29, 0.717) is 5.56 Å². The maximum Gasteiger partial charge on any atom is 0.340 e. The number of pyridine rings is 1. The predicted octanol–water partition coefficient (Wildman–Crippen LogP) is 0.963. The zero-order valence-electron chi connectivity index (χ0n) is 12.2. The number of methoxy groups -OCH3 is 2. The van der Waals surface area contributed by atoms with Crippen LogP contribution in [0, 0.1) is 11.3 Å². The number of carbonyl (C=O) groups is 1. The van der Waals surface area contributed by atoms with Crippen molar-refractivity contribution in [3.05, 3.63) is 52.9 Å². The van der Waals surface area contributed by atoms with Crippen molar-refractivity contribution in [2.45, 2.75) is 5.92 Å². The van der Waals surface area contributed by atoms with Crippen LogP contribution in [0.3, 0.4) is 0 Å². The van der Waals surface area contributed by atoms with Crippen LogP contribution in [0.1, 0.15) is 11.5 Å². The van der Waals surface area contributed by atoms with Crippen LogP contribution in [-0.2, 0) is 19.0 Å². The molecule has 0 saturated carbocycles. The monoisotopic (exact) mass is 301 g/mol. The highest BCUT2D eigenvalue weighted by molar-refractivity contribution is 5.92. The van der Waals surface area contributed by atoms with E-state index in [9.17, 15) is 10.1 Å². The molecule has 1 aliphatic rings. The quantitative estimate of drug-likeness (QED) is 0.825. The summed E-state index contributed by atoms with van der Waals surface area (Å²) in [6.07, 6.45) is 3.16. The number of hydrogen-bond donors (Lipinski definition) is 1. The molecular weight excluding hydrogens is 286 g/mol. The summed E-state index contributed by atoms with van der Waals surface area (Å²) < 4.78 is 15.2. The summed E-state index contributed by atoms with van der Waals surface area (Å²) >= 11 is 0. The van der Waals surface area contributed by atoms with E-state index >= 15 is 0 Å². The van der Waals surface area contributed by atoms with E-state index < -0.39 is 11.9 Å². The summed E-state index contributed by atoms with van der Waals surface area (Å²) in [7, 11) is 2.71. The predicted molar refractivity (Wildman–Crippen MR) is 75.8 cm³/mol. The lowest BCUT2D eigenvalue weighted by Gasteiger charge is -2.27. The molecule has 0 saturated heterocycles. The lowest BCUT2D eigenvalue weighted by Crippen LogP contribution is -2.27. The van der Waals surface area contributed by atoms with Crippen molar-refractivity contribution in [3.8, 4) is 6.07 Å². The molecule has 0 amide bonds. The number of nitriles is 1. The normalized spacial score (nSPS) is 17.8. The van der Waals surface area contributed by atoms with Gasteiger partial charge < -0.3 is 19.9 Å². The van der Waals surface area contributed by atoms with Gasteiger partial charge in [-0.05, 0) is 11.6 Å². The van der Waals surface area contributed by atoms with Crippen LogP contribution in [0.5, 0.6) is 0 Å². The summed E-state index contributed by atoms with van der Waals surface area (Å²) in [5.74, 6) is -1.20. The van der Waals surface area contributed by atoms with Gasteiger partial charge in [-0.1, -0.05) is 6.07 Å². The topological polar surface area (TPSA) is 107 Å². The van der Waals surface area contributed by atoms with Gasteiger partial charge in [-0.15, -0.1) is 0 Å². The van der Waals surface area contributed by atoms with Crippen LogP contribution >= 0.6 is 0 Å². The van der Waals surface area contributed by atoms with Crippen molar-refractivity contribution in [3.63, 3.8) is 0 Å². The molecule has 2 rings (SSSR count). The molecule has 0 radical (unpaired) electrons. The maximum atomic E-state index is 12.1. The Hall–Kier alpha value is -2.85. The summed E-state index contributed by atoms with van der Waals surface area (Å²) in [5, 5.41) is 9.50. The maximum absolute atomic E-state index is 12.1. The van der Waals surface area contributed by atoms with Gasteiger partial charge in [0, 0.05) is 19.5 Å². The molecule has 7 heteroatoms. The number of nitrogens with two attached hydrogens (primary N) is 1. The minimum atomic E-state index is -0.704. The molecule has 0 unspecified atom stereocenters. The van der Waals surface area contributed by atoms with Gasteiger partial charge in [-0.2, -0.15) is 5.26 Å². The number of esters is 1. The Balaban J connectivity index is 2.63. The van der Waals surface area contributed by atoms with Crippen LogP contribution in [0.25, 0.3) is 0 Å². The van der Waals surface area contributed by atoms with Crippen LogP contribution in [0.4, 0.5) is 0 Å². The molecule has 0 aliphatic carbocycles. The smallest absolute Gasteiger partial charge is 0.340 e. The molecule has 22 heavy (non-hydrogen) atoms. The number of carbonyl (C=O) groups excluding carboxylic acids is 1. The molecule has 2 heterocycles. The summed E-state index contributed by atoms with van der Waals surface area (Å²) in [6, 6.07) is 5.53. The molecule has 7 nitrogen and oxygen atoms in total. The summed E-state index contributed by atoms with van der Waals surface area (Å²) in [5.41, 5.74) is 6.81. The van der Waals surface area contributed by atoms with Gasteiger partial charge in [-0.25, -0.2) is 4.79 Å². The fourth-order valence-corrected chi connectivity index (χ4v) is 2.26. The van der Waals surface area contributed by atoms with Gasteiger partial charge in [0.2, 0.25) is 5.88 Å². The number of nitrogens with zero attached hydrogens (tertiary/aromatic N) is 2. The second-order valence-electron chi connectivity index (χ2n) is 4.47. The molecule has 1 aliphatic heterocycles. The molecule has 1 aromatic rings. The van der Waals surface area contributed by atoms with E-state index in [2.05, 4.69) is 11.1 Å². The second kappa shape index (κ2) is 6.74. The number of rotatable bonds is 4. The molecule has 2 N–H and O–H groups in total. The number of aromatic nitrogens is 1. The van der Waals surface area contributed by atoms with Gasteiger partial charge in [0.25, 0.3) is 0 Å². The van der Waals surface area contributed by atoms with Crippen LogP contribution in [0.2, 0.25) is 0 Å². The highest BCUT2D eigenvalue weighted by Crippen LogP contribution is 2.39. The van der Waals surface area contributed by atoms with Crippen LogP contribution < -0.4 is 5.73 Å². The highest BCUT2D eigenvalue weighted by atomic mass is 16.5. The van der Waals surface area contributed by atoms with Crippen molar-refractivity contribution in [2.75, 3.05) is 20.8 Å². The molecular formula is C15H15N3O4. The van der Waals surface area contributed by atoms with Gasteiger partial charge in [0.05, 0.1) is 24.7 Å². The van der Waals surface area contributed by atoms with Gasteiger partial charge >= 0.3 is 5.97 Å². The van der Waals surface area contributed by atoms with Crippen molar-refractivity contribution < 1.29 is 19.0 Å². The highest BCUT2D eigenvalue weighted by Gasteiger charge is 2.37. The first kappa shape index (κ1) is 15.5. The molecule has 1 aromatic heterocycles. The lowest BCUT2D eigenvalue weighted by molar-refractivity contribution is -0.136. The summed E-state index contributed by atoms with van der Waals surface area (Å²) in [4.78, 5) is 16.1. The fraction of sp³-hybridized carbons (Fsp3) is 0.267. The Labute approximate surface area is 127 Å². The zero-order valence-corrected chi connectivity index (χ0v) is 12.2. The third-order valence-corrected chi connectivity index (χ3v) is 3.20. The minimum Gasteiger partial charge on any atom is -0.465 e. The molecule has 0 fully saturated rings. The van der Waals surface area contributed by atoms with Gasteiger partial charge in [-0.3, -0.25) is 4.98 Å². The Morgan fingerprint density at radius 3 is 2.86 bits per heavy atom. The number of allylic oxidation sites excluding steroid dienone is 1. The van der Waals surface area contributed by atoms with E-state index in [1.54, 1.807) is 24.5 Å².